The zero-order chi connectivity index (χ0) is 22.5. The molecule has 0 heterocycles. The molecule has 3 rings (SSSR count). The summed E-state index contributed by atoms with van der Waals surface area (Å²) in [4.78, 5) is 3.87. The Morgan fingerprint density at radius 2 is 1.32 bits per heavy atom. The van der Waals surface area contributed by atoms with Crippen molar-refractivity contribution in [1.82, 2.24) is 4.90 Å². The number of benzene rings is 3. The molecule has 3 aromatic carbocycles. The molecule has 3 aromatic rings. The third-order valence-electron chi connectivity index (χ3n) is 4.79. The van der Waals surface area contributed by atoms with Crippen LogP contribution in [0.5, 0.6) is 5.75 Å². The van der Waals surface area contributed by atoms with Crippen LogP contribution in [-0.4, -0.2) is 32.1 Å². The Morgan fingerprint density at radius 1 is 0.839 bits per heavy atom. The fraction of sp³-hybridized carbons (Fsp3) is 0.231. The number of nitrogens with zero attached hydrogens (tertiary/aromatic N) is 3. The van der Waals surface area contributed by atoms with Crippen LogP contribution in [0.15, 0.2) is 84.9 Å². The minimum absolute atomic E-state index is 0.692. The van der Waals surface area contributed by atoms with Gasteiger partial charge in [-0.15, -0.1) is 5.53 Å². The number of rotatable bonds is 8. The van der Waals surface area contributed by atoms with Crippen molar-refractivity contribution in [2.45, 2.75) is 13.3 Å². The SMILES string of the molecule is CCC(=C(c1ccccc1)c1ccc(OCCN(C)C)cc1)c1ccccc1.[N-]=[N+]=N. The van der Waals surface area contributed by atoms with E-state index in [0.29, 0.717) is 6.61 Å². The van der Waals surface area contributed by atoms with Gasteiger partial charge in [0.05, 0.1) is 0 Å². The van der Waals surface area contributed by atoms with Gasteiger partial charge >= 0.3 is 0 Å². The van der Waals surface area contributed by atoms with Gasteiger partial charge in [0.2, 0.25) is 0 Å². The summed E-state index contributed by atoms with van der Waals surface area (Å²) < 4.78 is 5.87. The second-order valence-electron chi connectivity index (χ2n) is 7.22. The standard InChI is InChI=1S/C26H29NO.HN3/c1-4-25(21-11-7-5-8-12-21)26(22-13-9-6-10-14-22)23-15-17-24(18-16-23)28-20-19-27(2)3;1-3-2/h5-18H,4,19-20H2,1-3H3;1H. The minimum Gasteiger partial charge on any atom is -0.492 e. The molecular formula is C26H30N4O. The summed E-state index contributed by atoms with van der Waals surface area (Å²) in [6, 6.07) is 29.8. The number of likely N-dealkylation sites (N-methyl/N-ethyl adjacent to an activating group) is 1. The first-order chi connectivity index (χ1) is 15.1. The zero-order valence-corrected chi connectivity index (χ0v) is 18.5. The molecule has 0 aromatic heterocycles. The van der Waals surface area contributed by atoms with E-state index in [0.717, 1.165) is 18.7 Å². The summed E-state index contributed by atoms with van der Waals surface area (Å²) in [6.45, 7) is 3.83. The molecule has 0 spiro atoms. The molecule has 0 aliphatic carbocycles. The predicted molar refractivity (Wildman–Crippen MR) is 129 cm³/mol. The van der Waals surface area contributed by atoms with E-state index in [-0.39, 0.29) is 0 Å². The van der Waals surface area contributed by atoms with Crippen LogP contribution >= 0.6 is 0 Å². The van der Waals surface area contributed by atoms with E-state index in [1.165, 1.54) is 27.8 Å². The molecule has 160 valence electrons. The molecule has 0 fully saturated rings. The predicted octanol–water partition coefficient (Wildman–Crippen LogP) is 6.87. The average molecular weight is 415 g/mol. The Labute approximate surface area is 185 Å². The number of allylic oxidation sites excluding steroid dienone is 1. The van der Waals surface area contributed by atoms with E-state index in [1.807, 2.05) is 0 Å². The van der Waals surface area contributed by atoms with Crippen molar-refractivity contribution < 1.29 is 4.74 Å². The first-order valence-electron chi connectivity index (χ1n) is 10.3. The van der Waals surface area contributed by atoms with Crippen molar-refractivity contribution in [3.63, 3.8) is 0 Å². The van der Waals surface area contributed by atoms with Crippen LogP contribution < -0.4 is 4.74 Å². The molecule has 5 nitrogen and oxygen atoms in total. The molecule has 5 heteroatoms. The van der Waals surface area contributed by atoms with Crippen molar-refractivity contribution in [3.05, 3.63) is 112 Å². The molecular weight excluding hydrogens is 384 g/mol. The van der Waals surface area contributed by atoms with E-state index < -0.39 is 0 Å². The largest absolute Gasteiger partial charge is 0.492 e. The molecule has 0 aliphatic heterocycles. The number of hydrogen-bond donors (Lipinski definition) is 1. The average Bonchev–Trinajstić information content (AvgIpc) is 2.79. The smallest absolute Gasteiger partial charge is 0.119 e. The lowest BCUT2D eigenvalue weighted by atomic mass is 9.88. The molecule has 0 bridgehead atoms. The highest BCUT2D eigenvalue weighted by Gasteiger charge is 2.12. The highest BCUT2D eigenvalue weighted by Crippen LogP contribution is 2.34. The Balaban J connectivity index is 0.00000107. The highest BCUT2D eigenvalue weighted by molar-refractivity contribution is 5.98. The zero-order valence-electron chi connectivity index (χ0n) is 18.5. The molecule has 1 N–H and O–H groups in total. The third kappa shape index (κ3) is 7.34. The summed E-state index contributed by atoms with van der Waals surface area (Å²) in [5.41, 5.74) is 18.6. The molecule has 0 radical (unpaired) electrons. The number of nitrogens with one attached hydrogen (secondary N) is 1. The van der Waals surface area contributed by atoms with Crippen molar-refractivity contribution in [2.75, 3.05) is 27.2 Å². The Kier molecular flexibility index (Phi) is 9.89. The van der Waals surface area contributed by atoms with Crippen LogP contribution in [0, 0.1) is 5.53 Å². The van der Waals surface area contributed by atoms with Gasteiger partial charge in [-0.2, -0.15) is 0 Å². The Bertz CT molecular complexity index is 975. The molecule has 0 atom stereocenters. The topological polar surface area (TPSA) is 72.7 Å². The maximum atomic E-state index is 6.86. The molecule has 0 unspecified atom stereocenters. The lowest BCUT2D eigenvalue weighted by molar-refractivity contribution is 0.261. The maximum Gasteiger partial charge on any atom is 0.119 e. The maximum absolute atomic E-state index is 6.86. The summed E-state index contributed by atoms with van der Waals surface area (Å²) in [7, 11) is 4.11. The van der Waals surface area contributed by atoms with Gasteiger partial charge in [0.15, 0.2) is 0 Å². The Hall–Kier alpha value is -3.53. The van der Waals surface area contributed by atoms with Crippen LogP contribution in [-0.2, 0) is 0 Å². The van der Waals surface area contributed by atoms with Crippen molar-refractivity contribution in [1.29, 1.82) is 5.53 Å². The van der Waals surface area contributed by atoms with Crippen LogP contribution in [0.3, 0.4) is 0 Å². The summed E-state index contributed by atoms with van der Waals surface area (Å²) in [6.07, 6.45) is 0.968. The van der Waals surface area contributed by atoms with Crippen molar-refractivity contribution >= 4 is 11.1 Å². The van der Waals surface area contributed by atoms with Gasteiger partial charge in [-0.1, -0.05) is 79.7 Å². The fourth-order valence-corrected chi connectivity index (χ4v) is 3.35. The molecule has 0 saturated carbocycles. The third-order valence-corrected chi connectivity index (χ3v) is 4.79. The van der Waals surface area contributed by atoms with E-state index >= 15 is 0 Å². The van der Waals surface area contributed by atoms with Gasteiger partial charge in [-0.3, -0.25) is 0 Å². The molecule has 0 saturated heterocycles. The van der Waals surface area contributed by atoms with Gasteiger partial charge in [0.1, 0.15) is 12.4 Å². The second kappa shape index (κ2) is 12.9. The molecule has 0 aliphatic rings. The normalized spacial score (nSPS) is 11.1. The summed E-state index contributed by atoms with van der Waals surface area (Å²) in [5.74, 6) is 0.913. The quantitative estimate of drug-likeness (QED) is 0.189. The van der Waals surface area contributed by atoms with E-state index in [2.05, 4.69) is 111 Å². The summed E-state index contributed by atoms with van der Waals surface area (Å²) in [5, 5.41) is 0. The first kappa shape index (κ1) is 23.7. The van der Waals surface area contributed by atoms with E-state index in [9.17, 15) is 0 Å². The van der Waals surface area contributed by atoms with Crippen LogP contribution in [0.25, 0.3) is 21.6 Å². The van der Waals surface area contributed by atoms with Gasteiger partial charge < -0.3 is 9.64 Å². The van der Waals surface area contributed by atoms with Gasteiger partial charge in [-0.05, 0) is 70.9 Å². The molecule has 31 heavy (non-hydrogen) atoms. The number of hydrogen-bond acceptors (Lipinski definition) is 3. The summed E-state index contributed by atoms with van der Waals surface area (Å²) >= 11 is 0. The van der Waals surface area contributed by atoms with Crippen molar-refractivity contribution in [2.24, 2.45) is 0 Å². The fourth-order valence-electron chi connectivity index (χ4n) is 3.35. The first-order valence-corrected chi connectivity index (χ1v) is 10.3. The lowest BCUT2D eigenvalue weighted by Gasteiger charge is -2.17. The highest BCUT2D eigenvalue weighted by atomic mass is 16.5. The van der Waals surface area contributed by atoms with Gasteiger partial charge in [0.25, 0.3) is 0 Å². The van der Waals surface area contributed by atoms with E-state index in [1.54, 1.807) is 4.91 Å². The van der Waals surface area contributed by atoms with Gasteiger partial charge in [0, 0.05) is 6.54 Å². The van der Waals surface area contributed by atoms with Crippen LogP contribution in [0.2, 0.25) is 0 Å². The van der Waals surface area contributed by atoms with Crippen LogP contribution in [0.4, 0.5) is 0 Å². The van der Waals surface area contributed by atoms with Crippen LogP contribution in [0.1, 0.15) is 30.0 Å². The van der Waals surface area contributed by atoms with Gasteiger partial charge in [-0.25, -0.2) is 0 Å². The lowest BCUT2D eigenvalue weighted by Crippen LogP contribution is -2.19. The monoisotopic (exact) mass is 414 g/mol. The minimum atomic E-state index is 0.692. The number of ether oxygens (including phenoxy) is 1. The Morgan fingerprint density at radius 3 is 1.81 bits per heavy atom. The van der Waals surface area contributed by atoms with E-state index in [4.69, 9.17) is 15.8 Å². The second-order valence-corrected chi connectivity index (χ2v) is 7.22. The van der Waals surface area contributed by atoms with Crippen molar-refractivity contribution in [3.8, 4) is 5.75 Å². The molecule has 0 amide bonds.